The maximum absolute atomic E-state index is 11.3. The third-order valence-corrected chi connectivity index (χ3v) is 2.92. The van der Waals surface area contributed by atoms with Crippen LogP contribution in [0.4, 0.5) is 21.9 Å². The molecule has 0 spiro atoms. The first-order valence-electron chi connectivity index (χ1n) is 6.96. The summed E-state index contributed by atoms with van der Waals surface area (Å²) in [6.45, 7) is 6.28. The smallest absolute Gasteiger partial charge is 0.411 e. The molecule has 0 aromatic heterocycles. The highest BCUT2D eigenvalue weighted by Gasteiger charge is 2.02. The van der Waals surface area contributed by atoms with E-state index in [1.54, 1.807) is 6.92 Å². The number of amides is 1. The van der Waals surface area contributed by atoms with Crippen molar-refractivity contribution in [2.24, 2.45) is 0 Å². The van der Waals surface area contributed by atoms with E-state index in [-0.39, 0.29) is 0 Å². The number of aryl methyl sites for hydroxylation is 2. The topological polar surface area (TPSA) is 50.4 Å². The number of anilines is 3. The van der Waals surface area contributed by atoms with Crippen molar-refractivity contribution in [3.8, 4) is 0 Å². The van der Waals surface area contributed by atoms with Gasteiger partial charge in [0.1, 0.15) is 0 Å². The highest BCUT2D eigenvalue weighted by molar-refractivity contribution is 5.85. The number of hydrogen-bond acceptors (Lipinski definition) is 3. The standard InChI is InChI=1S/C17H20N2O2/c1-4-21-17(20)19-15-7-5-14(6-8-15)18-16-10-12(2)9-13(3)11-16/h5-11,18H,4H2,1-3H3,(H,19,20). The Balaban J connectivity index is 2.03. The minimum Gasteiger partial charge on any atom is -0.450 e. The minimum absolute atomic E-state index is 0.359. The lowest BCUT2D eigenvalue weighted by Crippen LogP contribution is -2.13. The van der Waals surface area contributed by atoms with Crippen LogP contribution >= 0.6 is 0 Å². The largest absolute Gasteiger partial charge is 0.450 e. The molecule has 1 amide bonds. The molecular weight excluding hydrogens is 264 g/mol. The second-order valence-corrected chi connectivity index (χ2v) is 4.92. The summed E-state index contributed by atoms with van der Waals surface area (Å²) in [5.74, 6) is 0. The molecule has 4 nitrogen and oxygen atoms in total. The van der Waals surface area contributed by atoms with Gasteiger partial charge in [0, 0.05) is 17.1 Å². The molecular formula is C17H20N2O2. The van der Waals surface area contributed by atoms with Gasteiger partial charge >= 0.3 is 6.09 Å². The van der Waals surface area contributed by atoms with Gasteiger partial charge in [-0.25, -0.2) is 4.79 Å². The number of benzene rings is 2. The van der Waals surface area contributed by atoms with Gasteiger partial charge in [0.2, 0.25) is 0 Å². The Bertz CT molecular complexity index is 601. The van der Waals surface area contributed by atoms with Crippen LogP contribution in [0.25, 0.3) is 0 Å². The molecule has 0 radical (unpaired) electrons. The Morgan fingerprint density at radius 1 is 0.952 bits per heavy atom. The highest BCUT2D eigenvalue weighted by Crippen LogP contribution is 2.21. The lowest BCUT2D eigenvalue weighted by molar-refractivity contribution is 0.168. The third kappa shape index (κ3) is 4.53. The second kappa shape index (κ2) is 6.79. The molecule has 21 heavy (non-hydrogen) atoms. The van der Waals surface area contributed by atoms with E-state index >= 15 is 0 Å². The molecule has 2 aromatic rings. The van der Waals surface area contributed by atoms with Crippen molar-refractivity contribution in [1.82, 2.24) is 0 Å². The molecule has 0 unspecified atom stereocenters. The first-order chi connectivity index (χ1) is 10.1. The van der Waals surface area contributed by atoms with Crippen LogP contribution in [0, 0.1) is 13.8 Å². The Morgan fingerprint density at radius 2 is 1.52 bits per heavy atom. The third-order valence-electron chi connectivity index (χ3n) is 2.92. The van der Waals surface area contributed by atoms with Gasteiger partial charge in [-0.3, -0.25) is 5.32 Å². The molecule has 0 aliphatic rings. The van der Waals surface area contributed by atoms with Crippen LogP contribution in [0.15, 0.2) is 42.5 Å². The van der Waals surface area contributed by atoms with E-state index in [1.807, 2.05) is 24.3 Å². The zero-order chi connectivity index (χ0) is 15.2. The number of nitrogens with one attached hydrogen (secondary N) is 2. The summed E-state index contributed by atoms with van der Waals surface area (Å²) in [6.07, 6.45) is -0.437. The highest BCUT2D eigenvalue weighted by atomic mass is 16.5. The molecule has 110 valence electrons. The first kappa shape index (κ1) is 14.9. The summed E-state index contributed by atoms with van der Waals surface area (Å²) in [4.78, 5) is 11.3. The number of carbonyl (C=O) groups excluding carboxylic acids is 1. The predicted molar refractivity (Wildman–Crippen MR) is 86.3 cm³/mol. The van der Waals surface area contributed by atoms with Gasteiger partial charge in [-0.1, -0.05) is 6.07 Å². The zero-order valence-corrected chi connectivity index (χ0v) is 12.6. The quantitative estimate of drug-likeness (QED) is 0.861. The predicted octanol–water partition coefficient (Wildman–Crippen LogP) is 4.62. The fourth-order valence-corrected chi connectivity index (χ4v) is 2.14. The minimum atomic E-state index is -0.437. The summed E-state index contributed by atoms with van der Waals surface area (Å²) in [7, 11) is 0. The lowest BCUT2D eigenvalue weighted by Gasteiger charge is -2.10. The van der Waals surface area contributed by atoms with Crippen LogP contribution in [0.2, 0.25) is 0 Å². The number of hydrogen-bond donors (Lipinski definition) is 2. The van der Waals surface area contributed by atoms with Gasteiger partial charge in [0.25, 0.3) is 0 Å². The van der Waals surface area contributed by atoms with E-state index in [4.69, 9.17) is 4.74 Å². The maximum Gasteiger partial charge on any atom is 0.411 e. The SMILES string of the molecule is CCOC(=O)Nc1ccc(Nc2cc(C)cc(C)c2)cc1. The molecule has 2 rings (SSSR count). The normalized spacial score (nSPS) is 10.0. The summed E-state index contributed by atoms with van der Waals surface area (Å²) < 4.78 is 4.83. The van der Waals surface area contributed by atoms with Crippen LogP contribution in [-0.2, 0) is 4.74 Å². The van der Waals surface area contributed by atoms with Crippen molar-refractivity contribution in [2.75, 3.05) is 17.2 Å². The molecule has 0 atom stereocenters. The molecule has 0 fully saturated rings. The maximum atomic E-state index is 11.3. The van der Waals surface area contributed by atoms with Crippen molar-refractivity contribution < 1.29 is 9.53 Å². The molecule has 0 aliphatic heterocycles. The average Bonchev–Trinajstić information content (AvgIpc) is 2.40. The van der Waals surface area contributed by atoms with Gasteiger partial charge < -0.3 is 10.1 Å². The van der Waals surface area contributed by atoms with E-state index < -0.39 is 6.09 Å². The fourth-order valence-electron chi connectivity index (χ4n) is 2.14. The van der Waals surface area contributed by atoms with Gasteiger partial charge in [0.05, 0.1) is 6.61 Å². The van der Waals surface area contributed by atoms with E-state index in [2.05, 4.69) is 42.7 Å². The van der Waals surface area contributed by atoms with E-state index in [0.717, 1.165) is 11.4 Å². The Labute approximate surface area is 125 Å². The first-order valence-corrected chi connectivity index (χ1v) is 6.96. The summed E-state index contributed by atoms with van der Waals surface area (Å²) >= 11 is 0. The van der Waals surface area contributed by atoms with Crippen LogP contribution < -0.4 is 10.6 Å². The summed E-state index contributed by atoms with van der Waals surface area (Å²) in [6, 6.07) is 13.8. The van der Waals surface area contributed by atoms with Crippen LogP contribution in [0.3, 0.4) is 0 Å². The van der Waals surface area contributed by atoms with Crippen molar-refractivity contribution >= 4 is 23.2 Å². The van der Waals surface area contributed by atoms with Gasteiger partial charge in [-0.2, -0.15) is 0 Å². The van der Waals surface area contributed by atoms with Gasteiger partial charge in [-0.05, 0) is 68.3 Å². The molecule has 2 N–H and O–H groups in total. The Hall–Kier alpha value is -2.49. The van der Waals surface area contributed by atoms with Crippen LogP contribution in [0.1, 0.15) is 18.1 Å². The monoisotopic (exact) mass is 284 g/mol. The van der Waals surface area contributed by atoms with E-state index in [0.29, 0.717) is 12.3 Å². The fraction of sp³-hybridized carbons (Fsp3) is 0.235. The van der Waals surface area contributed by atoms with Crippen molar-refractivity contribution in [3.63, 3.8) is 0 Å². The average molecular weight is 284 g/mol. The molecule has 0 bridgehead atoms. The van der Waals surface area contributed by atoms with Crippen molar-refractivity contribution in [3.05, 3.63) is 53.6 Å². The Kier molecular flexibility index (Phi) is 4.82. The summed E-state index contributed by atoms with van der Waals surface area (Å²) in [5.41, 5.74) is 5.17. The van der Waals surface area contributed by atoms with Gasteiger partial charge in [0.15, 0.2) is 0 Å². The molecule has 0 heterocycles. The summed E-state index contributed by atoms with van der Waals surface area (Å²) in [5, 5.41) is 6.01. The Morgan fingerprint density at radius 3 is 2.10 bits per heavy atom. The lowest BCUT2D eigenvalue weighted by atomic mass is 10.1. The van der Waals surface area contributed by atoms with E-state index in [9.17, 15) is 4.79 Å². The van der Waals surface area contributed by atoms with Crippen LogP contribution in [0.5, 0.6) is 0 Å². The molecule has 2 aromatic carbocycles. The van der Waals surface area contributed by atoms with Crippen molar-refractivity contribution in [1.29, 1.82) is 0 Å². The number of rotatable bonds is 4. The number of ether oxygens (including phenoxy) is 1. The van der Waals surface area contributed by atoms with Crippen LogP contribution in [-0.4, -0.2) is 12.7 Å². The van der Waals surface area contributed by atoms with E-state index in [1.165, 1.54) is 11.1 Å². The molecule has 0 saturated heterocycles. The zero-order valence-electron chi connectivity index (χ0n) is 12.6. The molecule has 0 saturated carbocycles. The van der Waals surface area contributed by atoms with Gasteiger partial charge in [-0.15, -0.1) is 0 Å². The second-order valence-electron chi connectivity index (χ2n) is 4.92. The van der Waals surface area contributed by atoms with Crippen molar-refractivity contribution in [2.45, 2.75) is 20.8 Å². The molecule has 4 heteroatoms. The molecule has 0 aliphatic carbocycles. The number of carbonyl (C=O) groups is 1.